The molecule has 25 heavy (non-hydrogen) atoms. The van der Waals surface area contributed by atoms with Gasteiger partial charge in [0.1, 0.15) is 5.69 Å². The predicted octanol–water partition coefficient (Wildman–Crippen LogP) is 3.92. The van der Waals surface area contributed by atoms with Crippen molar-refractivity contribution < 1.29 is 22.8 Å². The van der Waals surface area contributed by atoms with E-state index >= 15 is 0 Å². The quantitative estimate of drug-likeness (QED) is 0.504. The molecule has 0 fully saturated rings. The van der Waals surface area contributed by atoms with Gasteiger partial charge in [0.15, 0.2) is 0 Å². The van der Waals surface area contributed by atoms with E-state index in [1.165, 1.54) is 12.3 Å². The topological polar surface area (TPSA) is 74.0 Å². The first-order chi connectivity index (χ1) is 11.7. The zero-order chi connectivity index (χ0) is 18.6. The number of amides is 2. The average molecular weight is 437 g/mol. The summed E-state index contributed by atoms with van der Waals surface area (Å²) >= 11 is 8.97. The van der Waals surface area contributed by atoms with Crippen LogP contribution in [0.25, 0.3) is 6.08 Å². The molecule has 2 aromatic rings. The molecule has 0 unspecified atom stereocenters. The third-order valence-electron chi connectivity index (χ3n) is 2.93. The van der Waals surface area contributed by atoms with Gasteiger partial charge in [-0.3, -0.25) is 20.4 Å². The number of carbonyl (C=O) groups is 2. The number of hydrogen-bond donors (Lipinski definition) is 3. The van der Waals surface area contributed by atoms with Crippen LogP contribution in [0.15, 0.2) is 41.0 Å². The highest BCUT2D eigenvalue weighted by Gasteiger charge is 2.30. The number of halogens is 5. The first-order valence-corrected chi connectivity index (χ1v) is 7.83. The molecule has 3 N–H and O–H groups in total. The lowest BCUT2D eigenvalue weighted by atomic mass is 10.1. The fourth-order valence-electron chi connectivity index (χ4n) is 1.74. The third-order valence-corrected chi connectivity index (χ3v) is 3.73. The molecule has 2 amide bonds. The van der Waals surface area contributed by atoms with Crippen molar-refractivity contribution in [2.24, 2.45) is 0 Å². The van der Waals surface area contributed by atoms with Gasteiger partial charge in [0.2, 0.25) is 0 Å². The highest BCUT2D eigenvalue weighted by atomic mass is 79.9. The Hall–Kier alpha value is -2.26. The Bertz CT molecular complexity index is 834. The molecule has 0 radical (unpaired) electrons. The summed E-state index contributed by atoms with van der Waals surface area (Å²) in [5.41, 5.74) is 3.58. The van der Waals surface area contributed by atoms with E-state index in [1.54, 1.807) is 0 Å². The van der Waals surface area contributed by atoms with Gasteiger partial charge in [-0.25, -0.2) is 0 Å². The van der Waals surface area contributed by atoms with Gasteiger partial charge in [-0.15, -0.1) is 0 Å². The molecule has 132 valence electrons. The van der Waals surface area contributed by atoms with E-state index in [0.29, 0.717) is 4.47 Å². The second-order valence-corrected chi connectivity index (χ2v) is 6.07. The molecule has 0 aliphatic carbocycles. The largest absolute Gasteiger partial charge is 0.416 e. The molecule has 0 saturated carbocycles. The number of rotatable bonds is 3. The molecular formula is C15H10BrClF3N3O2. The highest BCUT2D eigenvalue weighted by molar-refractivity contribution is 9.10. The van der Waals surface area contributed by atoms with E-state index in [9.17, 15) is 22.8 Å². The number of hydrazine groups is 1. The normalized spacial score (nSPS) is 11.6. The van der Waals surface area contributed by atoms with Gasteiger partial charge in [0.05, 0.1) is 5.56 Å². The minimum atomic E-state index is -4.52. The summed E-state index contributed by atoms with van der Waals surface area (Å²) in [7, 11) is 0. The molecule has 0 spiro atoms. The minimum absolute atomic E-state index is 0.0197. The second kappa shape index (κ2) is 7.75. The Morgan fingerprint density at radius 3 is 2.52 bits per heavy atom. The molecule has 0 aliphatic heterocycles. The number of benzene rings is 1. The van der Waals surface area contributed by atoms with Crippen LogP contribution in [0.3, 0.4) is 0 Å². The minimum Gasteiger partial charge on any atom is -0.356 e. The van der Waals surface area contributed by atoms with Gasteiger partial charge in [0.25, 0.3) is 11.8 Å². The lowest BCUT2D eigenvalue weighted by molar-refractivity contribution is -0.137. The fourth-order valence-corrected chi connectivity index (χ4v) is 2.26. The van der Waals surface area contributed by atoms with Crippen molar-refractivity contribution in [3.05, 3.63) is 62.9 Å². The molecule has 0 aliphatic rings. The maximum absolute atomic E-state index is 12.7. The van der Waals surface area contributed by atoms with Crippen LogP contribution in [0.1, 0.15) is 21.6 Å². The SMILES string of the molecule is O=C(/C=C/c1cc(C(F)(F)F)ccc1Cl)NNC(=O)c1cc(Br)c[nH]1. The first-order valence-electron chi connectivity index (χ1n) is 6.66. The molecule has 0 bridgehead atoms. The number of aromatic amines is 1. The van der Waals surface area contributed by atoms with E-state index in [2.05, 4.69) is 31.8 Å². The van der Waals surface area contributed by atoms with Crippen molar-refractivity contribution in [2.45, 2.75) is 6.18 Å². The molecule has 1 aromatic heterocycles. The summed E-state index contributed by atoms with van der Waals surface area (Å²) in [4.78, 5) is 26.0. The van der Waals surface area contributed by atoms with Crippen LogP contribution in [0.5, 0.6) is 0 Å². The summed E-state index contributed by atoms with van der Waals surface area (Å²) in [6.45, 7) is 0. The van der Waals surface area contributed by atoms with Gasteiger partial charge in [-0.05, 0) is 51.8 Å². The van der Waals surface area contributed by atoms with E-state index in [1.807, 2.05) is 0 Å². The Kier molecular flexibility index (Phi) is 5.91. The van der Waals surface area contributed by atoms with E-state index in [4.69, 9.17) is 11.6 Å². The average Bonchev–Trinajstić information content (AvgIpc) is 2.97. The maximum Gasteiger partial charge on any atom is 0.416 e. The standard InChI is InChI=1S/C15H10BrClF3N3O2/c16-10-6-12(21-7-10)14(25)23-22-13(24)4-1-8-5-9(15(18,19)20)2-3-11(8)17/h1-7,21H,(H,22,24)(H,23,25)/b4-1+. The lowest BCUT2D eigenvalue weighted by Crippen LogP contribution is -2.40. The van der Waals surface area contributed by atoms with Crippen LogP contribution in [0, 0.1) is 0 Å². The Morgan fingerprint density at radius 1 is 1.20 bits per heavy atom. The molecule has 5 nitrogen and oxygen atoms in total. The van der Waals surface area contributed by atoms with Crippen molar-refractivity contribution in [1.29, 1.82) is 0 Å². The number of alkyl halides is 3. The van der Waals surface area contributed by atoms with E-state index in [0.717, 1.165) is 30.4 Å². The molecular weight excluding hydrogens is 427 g/mol. The molecule has 10 heteroatoms. The number of H-pyrrole nitrogens is 1. The molecule has 1 heterocycles. The van der Waals surface area contributed by atoms with Crippen LogP contribution in [0.4, 0.5) is 13.2 Å². The monoisotopic (exact) mass is 435 g/mol. The van der Waals surface area contributed by atoms with Gasteiger partial charge < -0.3 is 4.98 Å². The van der Waals surface area contributed by atoms with E-state index < -0.39 is 23.6 Å². The van der Waals surface area contributed by atoms with Crippen LogP contribution < -0.4 is 10.9 Å². The summed E-state index contributed by atoms with van der Waals surface area (Å²) in [6.07, 6.45) is -0.920. The summed E-state index contributed by atoms with van der Waals surface area (Å²) in [6, 6.07) is 4.25. The van der Waals surface area contributed by atoms with Crippen molar-refractivity contribution in [1.82, 2.24) is 15.8 Å². The first kappa shape index (κ1) is 19.1. The Labute approximate surface area is 153 Å². The van der Waals surface area contributed by atoms with Crippen molar-refractivity contribution >= 4 is 45.4 Å². The van der Waals surface area contributed by atoms with Crippen LogP contribution >= 0.6 is 27.5 Å². The molecule has 1 aromatic carbocycles. The van der Waals surface area contributed by atoms with Crippen molar-refractivity contribution in [3.8, 4) is 0 Å². The van der Waals surface area contributed by atoms with Gasteiger partial charge in [-0.1, -0.05) is 11.6 Å². The lowest BCUT2D eigenvalue weighted by Gasteiger charge is -2.08. The summed E-state index contributed by atoms with van der Waals surface area (Å²) in [5, 5.41) is 0.0531. The van der Waals surface area contributed by atoms with Gasteiger partial charge in [-0.2, -0.15) is 13.2 Å². The number of nitrogens with one attached hydrogen (secondary N) is 3. The van der Waals surface area contributed by atoms with Crippen LogP contribution in [-0.2, 0) is 11.0 Å². The summed E-state index contributed by atoms with van der Waals surface area (Å²) in [5.74, 6) is -1.34. The second-order valence-electron chi connectivity index (χ2n) is 4.74. The van der Waals surface area contributed by atoms with Gasteiger partial charge in [0, 0.05) is 21.8 Å². The maximum atomic E-state index is 12.7. The summed E-state index contributed by atoms with van der Waals surface area (Å²) < 4.78 is 38.7. The number of carbonyl (C=O) groups excluding carboxylic acids is 2. The van der Waals surface area contributed by atoms with Crippen LogP contribution in [0.2, 0.25) is 5.02 Å². The van der Waals surface area contributed by atoms with Crippen molar-refractivity contribution in [2.75, 3.05) is 0 Å². The zero-order valence-electron chi connectivity index (χ0n) is 12.2. The number of hydrogen-bond acceptors (Lipinski definition) is 2. The highest BCUT2D eigenvalue weighted by Crippen LogP contribution is 2.32. The number of aromatic nitrogens is 1. The van der Waals surface area contributed by atoms with Gasteiger partial charge >= 0.3 is 6.18 Å². The smallest absolute Gasteiger partial charge is 0.356 e. The zero-order valence-corrected chi connectivity index (χ0v) is 14.6. The van der Waals surface area contributed by atoms with Crippen LogP contribution in [-0.4, -0.2) is 16.8 Å². The third kappa shape index (κ3) is 5.36. The molecule has 0 saturated heterocycles. The Balaban J connectivity index is 1.99. The molecule has 2 rings (SSSR count). The predicted molar refractivity (Wildman–Crippen MR) is 89.6 cm³/mol. The van der Waals surface area contributed by atoms with Crippen molar-refractivity contribution in [3.63, 3.8) is 0 Å². The Morgan fingerprint density at radius 2 is 1.92 bits per heavy atom. The van der Waals surface area contributed by atoms with E-state index in [-0.39, 0.29) is 16.3 Å². The fraction of sp³-hybridized carbons (Fsp3) is 0.0667. The molecule has 0 atom stereocenters.